The highest BCUT2D eigenvalue weighted by molar-refractivity contribution is 6.08. The Labute approximate surface area is 91.8 Å². The van der Waals surface area contributed by atoms with Crippen molar-refractivity contribution < 1.29 is 9.90 Å². The highest BCUT2D eigenvalue weighted by Crippen LogP contribution is 2.23. The molecule has 1 N–H and O–H groups in total. The van der Waals surface area contributed by atoms with Crippen LogP contribution in [0, 0.1) is 0 Å². The van der Waals surface area contributed by atoms with Gasteiger partial charge in [-0.15, -0.1) is 0 Å². The van der Waals surface area contributed by atoms with E-state index in [1.54, 1.807) is 31.3 Å². The normalized spacial score (nSPS) is 10.6. The van der Waals surface area contributed by atoms with Crippen LogP contribution in [0.25, 0.3) is 10.9 Å². The molecule has 0 spiro atoms. The first-order chi connectivity index (χ1) is 7.54. The van der Waals surface area contributed by atoms with Gasteiger partial charge in [-0.05, 0) is 13.0 Å². The molecule has 4 nitrogen and oxygen atoms in total. The lowest BCUT2D eigenvalue weighted by Crippen LogP contribution is -2.19. The zero-order valence-corrected chi connectivity index (χ0v) is 9.02. The van der Waals surface area contributed by atoms with E-state index < -0.39 is 11.3 Å². The molecule has 0 atom stereocenters. The van der Waals surface area contributed by atoms with Gasteiger partial charge in [0.15, 0.2) is 11.5 Å². The molecule has 0 saturated heterocycles. The minimum Gasteiger partial charge on any atom is -0.502 e. The Bertz CT molecular complexity index is 640. The number of fused-ring (bicyclic) bond motifs is 1. The molecule has 4 heteroatoms. The lowest BCUT2D eigenvalue weighted by atomic mass is 10.0. The van der Waals surface area contributed by atoms with Gasteiger partial charge in [0, 0.05) is 12.4 Å². The third-order valence-corrected chi connectivity index (χ3v) is 2.63. The number of hydrogen-bond acceptors (Lipinski definition) is 3. The molecule has 0 amide bonds. The molecule has 16 heavy (non-hydrogen) atoms. The van der Waals surface area contributed by atoms with Crippen LogP contribution < -0.4 is 5.56 Å². The molecule has 82 valence electrons. The van der Waals surface area contributed by atoms with Crippen molar-refractivity contribution in [1.82, 2.24) is 4.57 Å². The summed E-state index contributed by atoms with van der Waals surface area (Å²) < 4.78 is 1.33. The van der Waals surface area contributed by atoms with Gasteiger partial charge >= 0.3 is 0 Å². The van der Waals surface area contributed by atoms with Crippen LogP contribution in [0.1, 0.15) is 17.3 Å². The maximum Gasteiger partial charge on any atom is 0.293 e. The standard InChI is InChI=1S/C12H11NO3/c1-7(14)10-8-5-3-4-6-9(8)13(2)12(16)11(10)15/h3-6,15H,1-2H3. The molecule has 0 aliphatic carbocycles. The van der Waals surface area contributed by atoms with Gasteiger partial charge in [0.1, 0.15) is 0 Å². The SMILES string of the molecule is CC(=O)c1c(O)c(=O)n(C)c2ccccc12. The Hall–Kier alpha value is -2.10. The van der Waals surface area contributed by atoms with E-state index >= 15 is 0 Å². The third-order valence-electron chi connectivity index (χ3n) is 2.63. The zero-order valence-electron chi connectivity index (χ0n) is 9.02. The largest absolute Gasteiger partial charge is 0.502 e. The Morgan fingerprint density at radius 3 is 2.56 bits per heavy atom. The molecule has 0 unspecified atom stereocenters. The number of ketones is 1. The van der Waals surface area contributed by atoms with Crippen LogP contribution in [0.2, 0.25) is 0 Å². The fraction of sp³-hybridized carbons (Fsp3) is 0.167. The van der Waals surface area contributed by atoms with Crippen LogP contribution in [-0.4, -0.2) is 15.5 Å². The maximum absolute atomic E-state index is 11.7. The van der Waals surface area contributed by atoms with Crippen LogP contribution in [0.3, 0.4) is 0 Å². The van der Waals surface area contributed by atoms with Crippen LogP contribution >= 0.6 is 0 Å². The number of nitrogens with zero attached hydrogens (tertiary/aromatic N) is 1. The number of carbonyl (C=O) groups excluding carboxylic acids is 1. The van der Waals surface area contributed by atoms with Crippen molar-refractivity contribution in [1.29, 1.82) is 0 Å². The smallest absolute Gasteiger partial charge is 0.293 e. The van der Waals surface area contributed by atoms with Crippen molar-refractivity contribution in [3.63, 3.8) is 0 Å². The second kappa shape index (κ2) is 3.48. The van der Waals surface area contributed by atoms with Crippen molar-refractivity contribution in [2.45, 2.75) is 6.92 Å². The first-order valence-corrected chi connectivity index (χ1v) is 4.85. The molecule has 0 aliphatic heterocycles. The molecule has 0 aliphatic rings. The second-order valence-electron chi connectivity index (χ2n) is 3.66. The van der Waals surface area contributed by atoms with Crippen molar-refractivity contribution >= 4 is 16.7 Å². The lowest BCUT2D eigenvalue weighted by Gasteiger charge is -2.09. The number of hydrogen-bond donors (Lipinski definition) is 1. The molecule has 1 aromatic carbocycles. The molecule has 2 aromatic rings. The first kappa shape index (κ1) is 10.4. The minimum absolute atomic E-state index is 0.0960. The topological polar surface area (TPSA) is 59.3 Å². The third kappa shape index (κ3) is 1.31. The average molecular weight is 217 g/mol. The molecule has 0 bridgehead atoms. The highest BCUT2D eigenvalue weighted by Gasteiger charge is 2.16. The van der Waals surface area contributed by atoms with Crippen molar-refractivity contribution in [3.05, 3.63) is 40.2 Å². The molecular weight excluding hydrogens is 206 g/mol. The summed E-state index contributed by atoms with van der Waals surface area (Å²) in [7, 11) is 1.56. The number of benzene rings is 1. The van der Waals surface area contributed by atoms with Crippen LogP contribution in [0.4, 0.5) is 0 Å². The average Bonchev–Trinajstić information content (AvgIpc) is 2.26. The Morgan fingerprint density at radius 1 is 1.31 bits per heavy atom. The number of para-hydroxylation sites is 1. The number of aryl methyl sites for hydroxylation is 1. The highest BCUT2D eigenvalue weighted by atomic mass is 16.3. The van der Waals surface area contributed by atoms with Crippen molar-refractivity contribution in [3.8, 4) is 5.75 Å². The zero-order chi connectivity index (χ0) is 11.9. The number of aromatic nitrogens is 1. The Balaban J connectivity index is 3.10. The number of Topliss-reactive ketones (excluding diaryl/α,β-unsaturated/α-hetero) is 1. The van der Waals surface area contributed by atoms with Crippen molar-refractivity contribution in [2.24, 2.45) is 7.05 Å². The molecular formula is C12H11NO3. The predicted molar refractivity (Wildman–Crippen MR) is 60.9 cm³/mol. The van der Waals surface area contributed by atoms with Gasteiger partial charge in [-0.1, -0.05) is 18.2 Å². The minimum atomic E-state index is -0.552. The van der Waals surface area contributed by atoms with Gasteiger partial charge in [-0.2, -0.15) is 0 Å². The number of aromatic hydroxyl groups is 1. The quantitative estimate of drug-likeness (QED) is 0.735. The molecule has 0 saturated carbocycles. The van der Waals surface area contributed by atoms with E-state index in [-0.39, 0.29) is 11.3 Å². The number of pyridine rings is 1. The van der Waals surface area contributed by atoms with Crippen LogP contribution in [0.5, 0.6) is 5.75 Å². The van der Waals surface area contributed by atoms with Crippen LogP contribution in [-0.2, 0) is 7.05 Å². The maximum atomic E-state index is 11.7. The number of rotatable bonds is 1. The van der Waals surface area contributed by atoms with Gasteiger partial charge < -0.3 is 9.67 Å². The van der Waals surface area contributed by atoms with E-state index in [9.17, 15) is 14.7 Å². The summed E-state index contributed by atoms with van der Waals surface area (Å²) in [4.78, 5) is 23.1. The van der Waals surface area contributed by atoms with Gasteiger partial charge in [-0.25, -0.2) is 0 Å². The molecule has 0 fully saturated rings. The summed E-state index contributed by atoms with van der Waals surface area (Å²) >= 11 is 0. The summed E-state index contributed by atoms with van der Waals surface area (Å²) in [6.45, 7) is 1.33. The van der Waals surface area contributed by atoms with Crippen molar-refractivity contribution in [2.75, 3.05) is 0 Å². The van der Waals surface area contributed by atoms with E-state index in [1.165, 1.54) is 11.5 Å². The monoisotopic (exact) mass is 217 g/mol. The Kier molecular flexibility index (Phi) is 2.27. The first-order valence-electron chi connectivity index (χ1n) is 4.85. The van der Waals surface area contributed by atoms with E-state index in [4.69, 9.17) is 0 Å². The van der Waals surface area contributed by atoms with Gasteiger partial charge in [0.25, 0.3) is 5.56 Å². The summed E-state index contributed by atoms with van der Waals surface area (Å²) in [5.74, 6) is -0.792. The molecule has 0 radical (unpaired) electrons. The van der Waals surface area contributed by atoms with Crippen LogP contribution in [0.15, 0.2) is 29.1 Å². The fourth-order valence-corrected chi connectivity index (χ4v) is 1.84. The second-order valence-corrected chi connectivity index (χ2v) is 3.66. The molecule has 2 rings (SSSR count). The number of carbonyl (C=O) groups is 1. The van der Waals surface area contributed by atoms with Gasteiger partial charge in [0.05, 0.1) is 11.1 Å². The van der Waals surface area contributed by atoms with E-state index in [1.807, 2.05) is 0 Å². The summed E-state index contributed by atoms with van der Waals surface area (Å²) in [6, 6.07) is 7.00. The summed E-state index contributed by atoms with van der Waals surface area (Å²) in [6.07, 6.45) is 0. The van der Waals surface area contributed by atoms with E-state index in [0.29, 0.717) is 10.9 Å². The van der Waals surface area contributed by atoms with Gasteiger partial charge in [0.2, 0.25) is 0 Å². The molecule has 1 aromatic heterocycles. The lowest BCUT2D eigenvalue weighted by molar-refractivity contribution is 0.101. The van der Waals surface area contributed by atoms with Gasteiger partial charge in [-0.3, -0.25) is 9.59 Å². The predicted octanol–water partition coefficient (Wildman–Crippen LogP) is 1.45. The fourth-order valence-electron chi connectivity index (χ4n) is 1.84. The van der Waals surface area contributed by atoms with E-state index in [0.717, 1.165) is 0 Å². The van der Waals surface area contributed by atoms with E-state index in [2.05, 4.69) is 0 Å². The Morgan fingerprint density at radius 2 is 1.94 bits per heavy atom. The molecule has 1 heterocycles. The summed E-state index contributed by atoms with van der Waals surface area (Å²) in [5, 5.41) is 10.3. The summed E-state index contributed by atoms with van der Waals surface area (Å²) in [5.41, 5.74) is 0.179.